The third-order valence-electron chi connectivity index (χ3n) is 5.94. The number of hydrogen-bond acceptors (Lipinski definition) is 5. The average Bonchev–Trinajstić information content (AvgIpc) is 3.15. The monoisotopic (exact) mass is 480 g/mol. The number of benzene rings is 2. The van der Waals surface area contributed by atoms with E-state index in [2.05, 4.69) is 4.98 Å². The van der Waals surface area contributed by atoms with Gasteiger partial charge in [-0.3, -0.25) is 4.57 Å². The number of hydrogen-bond donors (Lipinski definition) is 1. The van der Waals surface area contributed by atoms with Crippen molar-refractivity contribution >= 4 is 23.2 Å². The first-order chi connectivity index (χ1) is 16.7. The highest BCUT2D eigenvalue weighted by atomic mass is 16.6. The first-order valence-electron chi connectivity index (χ1n) is 11.8. The lowest BCUT2D eigenvalue weighted by Crippen LogP contribution is -2.57. The van der Waals surface area contributed by atoms with Crippen LogP contribution in [0.1, 0.15) is 32.8 Å². The average molecular weight is 481 g/mol. The summed E-state index contributed by atoms with van der Waals surface area (Å²) in [5.74, 6) is 0. The maximum atomic E-state index is 12.9. The molecule has 0 aliphatic carbocycles. The molecule has 35 heavy (non-hydrogen) atoms. The van der Waals surface area contributed by atoms with Crippen LogP contribution in [-0.2, 0) is 22.6 Å². The van der Waals surface area contributed by atoms with Gasteiger partial charge in [-0.2, -0.15) is 0 Å². The van der Waals surface area contributed by atoms with E-state index in [0.29, 0.717) is 32.6 Å². The third-order valence-corrected chi connectivity index (χ3v) is 5.94. The van der Waals surface area contributed by atoms with Crippen LogP contribution in [0.2, 0.25) is 0 Å². The Morgan fingerprint density at radius 3 is 2.46 bits per heavy atom. The fraction of sp³-hybridized carbons (Fsp3) is 0.423. The number of fused-ring (bicyclic) bond motifs is 1. The molecule has 2 amide bonds. The largest absolute Gasteiger partial charge is 0.445 e. The van der Waals surface area contributed by atoms with Gasteiger partial charge in [0, 0.05) is 26.2 Å². The van der Waals surface area contributed by atoms with E-state index in [1.807, 2.05) is 75.4 Å². The van der Waals surface area contributed by atoms with E-state index in [0.717, 1.165) is 16.6 Å². The van der Waals surface area contributed by atoms with Gasteiger partial charge in [0.2, 0.25) is 0 Å². The Morgan fingerprint density at radius 1 is 1.00 bits per heavy atom. The molecule has 4 rings (SSSR count). The molecule has 1 N–H and O–H groups in total. The van der Waals surface area contributed by atoms with Gasteiger partial charge in [0.05, 0.1) is 17.1 Å². The van der Waals surface area contributed by atoms with Crippen LogP contribution < -0.4 is 5.69 Å². The number of carbonyl (C=O) groups excluding carboxylic acids is 2. The van der Waals surface area contributed by atoms with Crippen LogP contribution >= 0.6 is 0 Å². The summed E-state index contributed by atoms with van der Waals surface area (Å²) in [6.07, 6.45) is -0.373. The van der Waals surface area contributed by atoms with Crippen molar-refractivity contribution in [1.29, 1.82) is 0 Å². The van der Waals surface area contributed by atoms with Crippen molar-refractivity contribution in [2.24, 2.45) is 0 Å². The molecule has 3 aromatic rings. The van der Waals surface area contributed by atoms with E-state index >= 15 is 0 Å². The zero-order valence-electron chi connectivity index (χ0n) is 20.4. The van der Waals surface area contributed by atoms with Gasteiger partial charge in [0.1, 0.15) is 12.2 Å². The summed E-state index contributed by atoms with van der Waals surface area (Å²) in [6, 6.07) is 16.6. The van der Waals surface area contributed by atoms with Crippen LogP contribution in [0.25, 0.3) is 11.0 Å². The van der Waals surface area contributed by atoms with Crippen molar-refractivity contribution < 1.29 is 19.1 Å². The predicted molar refractivity (Wildman–Crippen MR) is 132 cm³/mol. The number of carbonyl (C=O) groups is 2. The lowest BCUT2D eigenvalue weighted by molar-refractivity contribution is -0.00499. The zero-order chi connectivity index (χ0) is 25.0. The number of ether oxygens (including phenoxy) is 2. The van der Waals surface area contributed by atoms with Gasteiger partial charge in [-0.1, -0.05) is 42.5 Å². The summed E-state index contributed by atoms with van der Waals surface area (Å²) in [7, 11) is 0. The first-order valence-corrected chi connectivity index (χ1v) is 11.8. The number of rotatable bonds is 5. The number of nitrogens with one attached hydrogen (secondary N) is 1. The maximum absolute atomic E-state index is 12.9. The number of para-hydroxylation sites is 2. The molecule has 9 nitrogen and oxygen atoms in total. The van der Waals surface area contributed by atoms with Gasteiger partial charge < -0.3 is 24.3 Å². The van der Waals surface area contributed by atoms with E-state index in [1.54, 1.807) is 14.4 Å². The highest BCUT2D eigenvalue weighted by Gasteiger charge is 2.35. The molecule has 9 heteroatoms. The quantitative estimate of drug-likeness (QED) is 0.596. The predicted octanol–water partition coefficient (Wildman–Crippen LogP) is 3.98. The van der Waals surface area contributed by atoms with Crippen molar-refractivity contribution in [3.63, 3.8) is 0 Å². The van der Waals surface area contributed by atoms with E-state index in [-0.39, 0.29) is 18.3 Å². The summed E-state index contributed by atoms with van der Waals surface area (Å²) in [4.78, 5) is 44.4. The molecule has 1 aromatic heterocycles. The molecule has 0 unspecified atom stereocenters. The smallest absolute Gasteiger partial charge is 0.410 e. The third kappa shape index (κ3) is 6.03. The molecule has 1 aliphatic heterocycles. The fourth-order valence-electron chi connectivity index (χ4n) is 4.25. The van der Waals surface area contributed by atoms with Gasteiger partial charge in [-0.25, -0.2) is 14.4 Å². The summed E-state index contributed by atoms with van der Waals surface area (Å²) < 4.78 is 12.8. The van der Waals surface area contributed by atoms with Crippen LogP contribution in [0, 0.1) is 0 Å². The topological polar surface area (TPSA) is 96.9 Å². The molecule has 2 aromatic carbocycles. The molecule has 186 valence electrons. The number of aromatic amines is 1. The highest BCUT2D eigenvalue weighted by Crippen LogP contribution is 2.20. The molecule has 0 spiro atoms. The Bertz CT molecular complexity index is 1230. The Kier molecular flexibility index (Phi) is 7.14. The van der Waals surface area contributed by atoms with Crippen LogP contribution in [0.5, 0.6) is 0 Å². The second kappa shape index (κ2) is 10.2. The minimum absolute atomic E-state index is 0.182. The molecule has 1 fully saturated rings. The second-order valence-corrected chi connectivity index (χ2v) is 9.70. The molecular formula is C26H32N4O5. The Hall–Kier alpha value is -3.75. The summed E-state index contributed by atoms with van der Waals surface area (Å²) in [5.41, 5.74) is 1.63. The number of nitrogens with zero attached hydrogens (tertiary/aromatic N) is 3. The van der Waals surface area contributed by atoms with Crippen molar-refractivity contribution in [1.82, 2.24) is 19.4 Å². The van der Waals surface area contributed by atoms with E-state index in [9.17, 15) is 14.4 Å². The Labute approximate surface area is 204 Å². The number of H-pyrrole nitrogens is 1. The normalized spacial score (nSPS) is 16.4. The maximum Gasteiger partial charge on any atom is 0.410 e. The fourth-order valence-corrected chi connectivity index (χ4v) is 4.25. The summed E-state index contributed by atoms with van der Waals surface area (Å²) in [5, 5.41) is 0. The number of piperazine rings is 1. The van der Waals surface area contributed by atoms with Crippen LogP contribution in [0.4, 0.5) is 9.59 Å². The number of amides is 2. The lowest BCUT2D eigenvalue weighted by atomic mass is 10.1. The van der Waals surface area contributed by atoms with Gasteiger partial charge in [-0.05, 0) is 44.9 Å². The molecule has 1 atom stereocenters. The van der Waals surface area contributed by atoms with E-state index < -0.39 is 17.8 Å². The minimum atomic E-state index is -0.638. The zero-order valence-corrected chi connectivity index (χ0v) is 20.4. The van der Waals surface area contributed by atoms with Crippen molar-refractivity contribution in [3.8, 4) is 0 Å². The number of imidazole rings is 1. The number of aromatic nitrogens is 2. The molecule has 2 heterocycles. The molecule has 0 saturated carbocycles. The molecule has 0 radical (unpaired) electrons. The SMILES string of the molecule is CC(C)(C)OC(=O)N1CCN(C(=O)OCc2ccccc2)C[C@H]1CCn1c(=O)[nH]c2ccccc21. The Morgan fingerprint density at radius 2 is 1.71 bits per heavy atom. The van der Waals surface area contributed by atoms with Crippen molar-refractivity contribution in [3.05, 3.63) is 70.6 Å². The molecule has 0 bridgehead atoms. The second-order valence-electron chi connectivity index (χ2n) is 9.70. The van der Waals surface area contributed by atoms with Gasteiger partial charge in [-0.15, -0.1) is 0 Å². The summed E-state index contributed by atoms with van der Waals surface area (Å²) in [6.45, 7) is 7.00. The van der Waals surface area contributed by atoms with Gasteiger partial charge in [0.25, 0.3) is 0 Å². The summed E-state index contributed by atoms with van der Waals surface area (Å²) >= 11 is 0. The Balaban J connectivity index is 1.47. The minimum Gasteiger partial charge on any atom is -0.445 e. The first kappa shape index (κ1) is 24.4. The van der Waals surface area contributed by atoms with E-state index in [4.69, 9.17) is 9.47 Å². The highest BCUT2D eigenvalue weighted by molar-refractivity contribution is 5.75. The molecular weight excluding hydrogens is 448 g/mol. The van der Waals surface area contributed by atoms with Crippen LogP contribution in [-0.4, -0.2) is 62.8 Å². The van der Waals surface area contributed by atoms with Crippen molar-refractivity contribution in [2.45, 2.75) is 52.0 Å². The number of aryl methyl sites for hydroxylation is 1. The molecule has 1 saturated heterocycles. The lowest BCUT2D eigenvalue weighted by Gasteiger charge is -2.41. The molecule has 1 aliphatic rings. The van der Waals surface area contributed by atoms with Gasteiger partial charge >= 0.3 is 17.9 Å². The van der Waals surface area contributed by atoms with Crippen molar-refractivity contribution in [2.75, 3.05) is 19.6 Å². The van der Waals surface area contributed by atoms with Crippen LogP contribution in [0.15, 0.2) is 59.4 Å². The van der Waals surface area contributed by atoms with E-state index in [1.165, 1.54) is 0 Å². The standard InChI is InChI=1S/C26H32N4O5/c1-26(2,3)35-25(33)29-16-15-28(24(32)34-18-19-9-5-4-6-10-19)17-20(29)13-14-30-22-12-8-7-11-21(22)27-23(30)31/h4-12,20H,13-18H2,1-3H3,(H,27,31)/t20-/m1/s1. The van der Waals surface area contributed by atoms with Gasteiger partial charge in [0.15, 0.2) is 0 Å². The van der Waals surface area contributed by atoms with Crippen LogP contribution in [0.3, 0.4) is 0 Å².